The molecule has 0 bridgehead atoms. The molecular weight excluding hydrogens is 258 g/mol. The summed E-state index contributed by atoms with van der Waals surface area (Å²) in [4.78, 5) is 4.80. The first-order valence-corrected chi connectivity index (χ1v) is 7.43. The number of imidazole rings is 1. The molecule has 1 aromatic carbocycles. The highest BCUT2D eigenvalue weighted by Gasteiger charge is 2.24. The molecule has 2 N–H and O–H groups in total. The van der Waals surface area contributed by atoms with Gasteiger partial charge in [-0.25, -0.2) is 4.98 Å². The van der Waals surface area contributed by atoms with Gasteiger partial charge < -0.3 is 10.3 Å². The predicted octanol–water partition coefficient (Wildman–Crippen LogP) is 3.73. The lowest BCUT2D eigenvalue weighted by Gasteiger charge is -2.19. The van der Waals surface area contributed by atoms with Gasteiger partial charge in [0.1, 0.15) is 11.6 Å². The summed E-state index contributed by atoms with van der Waals surface area (Å²) >= 11 is 0. The molecule has 0 aliphatic carbocycles. The largest absolute Gasteiger partial charge is 0.384 e. The molecule has 0 saturated heterocycles. The van der Waals surface area contributed by atoms with Crippen molar-refractivity contribution in [3.63, 3.8) is 0 Å². The quantitative estimate of drug-likeness (QED) is 0.850. The van der Waals surface area contributed by atoms with Crippen LogP contribution in [-0.4, -0.2) is 9.55 Å². The van der Waals surface area contributed by atoms with E-state index in [4.69, 9.17) is 10.7 Å². The highest BCUT2D eigenvalue weighted by molar-refractivity contribution is 5.40. The summed E-state index contributed by atoms with van der Waals surface area (Å²) in [7, 11) is 0. The SMILES string of the molecule is C=CCn1c(C(C)(C)C)nc(CCc2ccccc2)c1N. The summed E-state index contributed by atoms with van der Waals surface area (Å²) in [6, 6.07) is 10.4. The molecule has 0 spiro atoms. The number of nitrogens with two attached hydrogens (primary N) is 1. The average Bonchev–Trinajstić information content (AvgIpc) is 2.75. The molecule has 0 fully saturated rings. The van der Waals surface area contributed by atoms with Crippen LogP contribution in [-0.2, 0) is 24.8 Å². The fraction of sp³-hybridized carbons (Fsp3) is 0.389. The molecule has 112 valence electrons. The third kappa shape index (κ3) is 3.54. The van der Waals surface area contributed by atoms with E-state index in [1.165, 1.54) is 5.56 Å². The van der Waals surface area contributed by atoms with E-state index >= 15 is 0 Å². The molecule has 0 aliphatic rings. The van der Waals surface area contributed by atoms with Crippen molar-refractivity contribution in [1.29, 1.82) is 0 Å². The Hall–Kier alpha value is -2.03. The Morgan fingerprint density at radius 2 is 1.86 bits per heavy atom. The Balaban J connectivity index is 2.26. The van der Waals surface area contributed by atoms with E-state index in [-0.39, 0.29) is 5.41 Å². The van der Waals surface area contributed by atoms with Crippen molar-refractivity contribution >= 4 is 5.82 Å². The summed E-state index contributed by atoms with van der Waals surface area (Å²) in [5.74, 6) is 1.80. The number of nitrogen functional groups attached to an aromatic ring is 1. The van der Waals surface area contributed by atoms with Crippen molar-refractivity contribution in [3.05, 3.63) is 60.1 Å². The molecule has 0 atom stereocenters. The molecule has 1 heterocycles. The second-order valence-corrected chi connectivity index (χ2v) is 6.40. The Bertz CT molecular complexity index is 603. The number of allylic oxidation sites excluding steroid dienone is 1. The Morgan fingerprint density at radius 3 is 2.43 bits per heavy atom. The molecule has 1 aromatic heterocycles. The third-order valence-corrected chi connectivity index (χ3v) is 3.56. The molecule has 0 aliphatic heterocycles. The number of anilines is 1. The smallest absolute Gasteiger partial charge is 0.127 e. The van der Waals surface area contributed by atoms with Crippen LogP contribution in [0.15, 0.2) is 43.0 Å². The molecule has 3 nitrogen and oxygen atoms in total. The number of hydrogen-bond acceptors (Lipinski definition) is 2. The molecule has 0 amide bonds. The predicted molar refractivity (Wildman–Crippen MR) is 89.4 cm³/mol. The molecule has 3 heteroatoms. The van der Waals surface area contributed by atoms with Gasteiger partial charge in [0.25, 0.3) is 0 Å². The van der Waals surface area contributed by atoms with Gasteiger partial charge in [-0.1, -0.05) is 57.2 Å². The number of benzene rings is 1. The molecule has 21 heavy (non-hydrogen) atoms. The van der Waals surface area contributed by atoms with Gasteiger partial charge in [0, 0.05) is 12.0 Å². The van der Waals surface area contributed by atoms with E-state index in [2.05, 4.69) is 56.2 Å². The van der Waals surface area contributed by atoms with E-state index in [1.54, 1.807) is 0 Å². The van der Waals surface area contributed by atoms with Crippen molar-refractivity contribution in [2.24, 2.45) is 0 Å². The van der Waals surface area contributed by atoms with E-state index in [9.17, 15) is 0 Å². The van der Waals surface area contributed by atoms with Gasteiger partial charge in [-0.05, 0) is 18.4 Å². The Kier molecular flexibility index (Phi) is 4.51. The first-order valence-electron chi connectivity index (χ1n) is 7.43. The molecule has 0 saturated carbocycles. The minimum absolute atomic E-state index is 0.0257. The lowest BCUT2D eigenvalue weighted by molar-refractivity contribution is 0.515. The zero-order chi connectivity index (χ0) is 15.5. The number of aryl methyl sites for hydroxylation is 2. The molecule has 2 rings (SSSR count). The van der Waals surface area contributed by atoms with Gasteiger partial charge in [-0.3, -0.25) is 0 Å². The van der Waals surface area contributed by atoms with Gasteiger partial charge in [-0.15, -0.1) is 6.58 Å². The van der Waals surface area contributed by atoms with Crippen LogP contribution in [0.4, 0.5) is 5.82 Å². The van der Waals surface area contributed by atoms with E-state index in [0.717, 1.165) is 30.2 Å². The van der Waals surface area contributed by atoms with Crippen LogP contribution in [0.5, 0.6) is 0 Å². The first kappa shape index (κ1) is 15.4. The number of rotatable bonds is 5. The lowest BCUT2D eigenvalue weighted by Crippen LogP contribution is -2.19. The number of aromatic nitrogens is 2. The normalized spacial score (nSPS) is 11.6. The Labute approximate surface area is 127 Å². The monoisotopic (exact) mass is 283 g/mol. The zero-order valence-corrected chi connectivity index (χ0v) is 13.3. The summed E-state index contributed by atoms with van der Waals surface area (Å²) in [5.41, 5.74) is 8.58. The minimum Gasteiger partial charge on any atom is -0.384 e. The first-order chi connectivity index (χ1) is 9.93. The summed E-state index contributed by atoms with van der Waals surface area (Å²) in [6.07, 6.45) is 3.69. The maximum absolute atomic E-state index is 6.30. The number of nitrogens with zero attached hydrogens (tertiary/aromatic N) is 2. The molecule has 0 radical (unpaired) electrons. The minimum atomic E-state index is -0.0257. The zero-order valence-electron chi connectivity index (χ0n) is 13.3. The average molecular weight is 283 g/mol. The standard InChI is InChI=1S/C18H25N3/c1-5-13-21-16(19)15(20-17(21)18(2,3)4)12-11-14-9-7-6-8-10-14/h5-10H,1,11-13,19H2,2-4H3. The van der Waals surface area contributed by atoms with Gasteiger partial charge in [-0.2, -0.15) is 0 Å². The third-order valence-electron chi connectivity index (χ3n) is 3.56. The van der Waals surface area contributed by atoms with Gasteiger partial charge >= 0.3 is 0 Å². The van der Waals surface area contributed by atoms with Crippen molar-refractivity contribution in [2.45, 2.75) is 45.6 Å². The second-order valence-electron chi connectivity index (χ2n) is 6.40. The van der Waals surface area contributed by atoms with Crippen LogP contribution < -0.4 is 5.73 Å². The van der Waals surface area contributed by atoms with Crippen LogP contribution >= 0.6 is 0 Å². The fourth-order valence-corrected chi connectivity index (χ4v) is 2.49. The van der Waals surface area contributed by atoms with Crippen molar-refractivity contribution in [3.8, 4) is 0 Å². The summed E-state index contributed by atoms with van der Waals surface area (Å²) in [6.45, 7) is 11.0. The molecular formula is C18H25N3. The molecule has 2 aromatic rings. The van der Waals surface area contributed by atoms with Crippen LogP contribution in [0.1, 0.15) is 37.9 Å². The van der Waals surface area contributed by atoms with Crippen LogP contribution in [0.3, 0.4) is 0 Å². The van der Waals surface area contributed by atoms with Crippen molar-refractivity contribution < 1.29 is 0 Å². The Morgan fingerprint density at radius 1 is 1.19 bits per heavy atom. The lowest BCUT2D eigenvalue weighted by atomic mass is 9.95. The summed E-state index contributed by atoms with van der Waals surface area (Å²) < 4.78 is 2.08. The van der Waals surface area contributed by atoms with Crippen LogP contribution in [0, 0.1) is 0 Å². The van der Waals surface area contributed by atoms with Gasteiger partial charge in [0.2, 0.25) is 0 Å². The number of hydrogen-bond donors (Lipinski definition) is 1. The van der Waals surface area contributed by atoms with E-state index in [0.29, 0.717) is 6.54 Å². The maximum Gasteiger partial charge on any atom is 0.127 e. The van der Waals surface area contributed by atoms with E-state index in [1.807, 2.05) is 12.1 Å². The highest BCUT2D eigenvalue weighted by atomic mass is 15.1. The fourth-order valence-electron chi connectivity index (χ4n) is 2.49. The van der Waals surface area contributed by atoms with Crippen molar-refractivity contribution in [2.75, 3.05) is 5.73 Å². The van der Waals surface area contributed by atoms with Crippen molar-refractivity contribution in [1.82, 2.24) is 9.55 Å². The maximum atomic E-state index is 6.30. The summed E-state index contributed by atoms with van der Waals surface area (Å²) in [5, 5.41) is 0. The molecule has 0 unspecified atom stereocenters. The highest BCUT2D eigenvalue weighted by Crippen LogP contribution is 2.26. The topological polar surface area (TPSA) is 43.8 Å². The van der Waals surface area contributed by atoms with Crippen LogP contribution in [0.25, 0.3) is 0 Å². The van der Waals surface area contributed by atoms with Gasteiger partial charge in [0.15, 0.2) is 0 Å². The van der Waals surface area contributed by atoms with E-state index < -0.39 is 0 Å². The second kappa shape index (κ2) is 6.17. The van der Waals surface area contributed by atoms with Crippen LogP contribution in [0.2, 0.25) is 0 Å². The van der Waals surface area contributed by atoms with Gasteiger partial charge in [0.05, 0.1) is 5.69 Å².